The summed E-state index contributed by atoms with van der Waals surface area (Å²) in [6.45, 7) is 2.27. The minimum Gasteiger partial charge on any atom is -0.200 e. The molecule has 0 bridgehead atoms. The highest BCUT2D eigenvalue weighted by molar-refractivity contribution is 7.17. The Labute approximate surface area is 229 Å². The van der Waals surface area contributed by atoms with E-state index in [4.69, 9.17) is 0 Å². The summed E-state index contributed by atoms with van der Waals surface area (Å²) < 4.78 is 4.97. The number of aromatic nitrogens is 1. The lowest BCUT2D eigenvalue weighted by atomic mass is 9.95. The third-order valence-corrected chi connectivity index (χ3v) is 9.49. The molecule has 1 aliphatic carbocycles. The molecule has 5 aromatic carbocycles. The zero-order chi connectivity index (χ0) is 26.1. The van der Waals surface area contributed by atoms with Gasteiger partial charge in [0.05, 0.1) is 10.9 Å². The van der Waals surface area contributed by atoms with Gasteiger partial charge in [-0.2, -0.15) is 0 Å². The first-order valence-electron chi connectivity index (χ1n) is 13.4. The highest BCUT2D eigenvalue weighted by atomic mass is 32.1. The third kappa shape index (κ3) is 3.22. The fourth-order valence-electron chi connectivity index (χ4n) is 6.49. The van der Waals surface area contributed by atoms with Gasteiger partial charge in [-0.1, -0.05) is 103 Å². The van der Waals surface area contributed by atoms with E-state index in [-0.39, 0.29) is 0 Å². The summed E-state index contributed by atoms with van der Waals surface area (Å²) in [6, 6.07) is 42.4. The van der Waals surface area contributed by atoms with Gasteiger partial charge in [0.25, 0.3) is 0 Å². The Morgan fingerprint density at radius 3 is 1.85 bits per heavy atom. The van der Waals surface area contributed by atoms with Gasteiger partial charge in [0, 0.05) is 25.7 Å². The van der Waals surface area contributed by atoms with Crippen LogP contribution in [0.2, 0.25) is 0 Å². The van der Waals surface area contributed by atoms with E-state index < -0.39 is 0 Å². The molecule has 2 heteroatoms. The highest BCUT2D eigenvalue weighted by Gasteiger charge is 2.22. The molecule has 8 rings (SSSR count). The zero-order valence-electron chi connectivity index (χ0n) is 21.9. The predicted octanol–water partition coefficient (Wildman–Crippen LogP) is 8.32. The Bertz CT molecular complexity index is 2530. The van der Waals surface area contributed by atoms with Crippen molar-refractivity contribution >= 4 is 32.2 Å². The van der Waals surface area contributed by atoms with Gasteiger partial charge in [-0.3, -0.25) is 0 Å². The van der Waals surface area contributed by atoms with Gasteiger partial charge in [-0.25, -0.2) is 4.57 Å². The summed E-state index contributed by atoms with van der Waals surface area (Å²) in [4.78, 5) is 0. The Balaban J connectivity index is 1.76. The van der Waals surface area contributed by atoms with Crippen LogP contribution in [0.4, 0.5) is 0 Å². The van der Waals surface area contributed by atoms with Crippen molar-refractivity contribution in [3.05, 3.63) is 168 Å². The van der Waals surface area contributed by atoms with Crippen LogP contribution in [0.1, 0.15) is 5.56 Å². The van der Waals surface area contributed by atoms with Crippen LogP contribution in [0.3, 0.4) is 0 Å². The van der Waals surface area contributed by atoms with Crippen molar-refractivity contribution in [1.82, 2.24) is 0 Å². The lowest BCUT2D eigenvalue weighted by Crippen LogP contribution is -2.30. The molecule has 0 fully saturated rings. The molecule has 0 saturated heterocycles. The molecule has 0 N–H and O–H groups in total. The molecule has 0 saturated carbocycles. The minimum absolute atomic E-state index is 1.27. The number of pyridine rings is 1. The lowest BCUT2D eigenvalue weighted by Gasteiger charge is -2.09. The summed E-state index contributed by atoms with van der Waals surface area (Å²) >= 11 is 1.92. The molecular formula is C37H26NS+. The summed E-state index contributed by atoms with van der Waals surface area (Å²) in [5, 5.41) is 13.0. The third-order valence-electron chi connectivity index (χ3n) is 8.30. The number of benzene rings is 5. The van der Waals surface area contributed by atoms with Gasteiger partial charge < -0.3 is 0 Å². The minimum atomic E-state index is 1.27. The topological polar surface area (TPSA) is 3.88 Å². The van der Waals surface area contributed by atoms with E-state index in [0.29, 0.717) is 0 Å². The van der Waals surface area contributed by atoms with Crippen molar-refractivity contribution in [1.29, 1.82) is 0 Å². The molecule has 39 heavy (non-hydrogen) atoms. The summed E-state index contributed by atoms with van der Waals surface area (Å²) in [6.07, 6.45) is 2.22. The van der Waals surface area contributed by atoms with Crippen molar-refractivity contribution in [2.24, 2.45) is 7.05 Å². The number of thiophene rings is 1. The molecular weight excluding hydrogens is 490 g/mol. The average Bonchev–Trinajstić information content (AvgIpc) is 3.36. The van der Waals surface area contributed by atoms with Crippen LogP contribution in [0.5, 0.6) is 0 Å². The molecule has 2 heterocycles. The second-order valence-electron chi connectivity index (χ2n) is 10.4. The Morgan fingerprint density at radius 1 is 0.564 bits per heavy atom. The van der Waals surface area contributed by atoms with E-state index >= 15 is 0 Å². The fraction of sp³-hybridized carbons (Fsp3) is 0.0541. The smallest absolute Gasteiger partial charge is 0.200 e. The number of nitrogens with zero attached hydrogens (tertiary/aromatic N) is 1. The number of hydrogen-bond donors (Lipinski definition) is 0. The average molecular weight is 517 g/mol. The Kier molecular flexibility index (Phi) is 4.89. The van der Waals surface area contributed by atoms with E-state index in [9.17, 15) is 0 Å². The number of fused-ring (bicyclic) bond motifs is 7. The first-order chi connectivity index (χ1) is 19.2. The van der Waals surface area contributed by atoms with Crippen LogP contribution < -0.4 is 4.57 Å². The normalized spacial score (nSPS) is 11.8. The maximum Gasteiger partial charge on any atom is 0.221 e. The molecule has 0 atom stereocenters. The van der Waals surface area contributed by atoms with Crippen molar-refractivity contribution in [3.8, 4) is 11.3 Å². The van der Waals surface area contributed by atoms with E-state index in [0.717, 1.165) is 0 Å². The van der Waals surface area contributed by atoms with Crippen LogP contribution in [-0.4, -0.2) is 0 Å². The number of aryl methyl sites for hydroxylation is 2. The van der Waals surface area contributed by atoms with Crippen molar-refractivity contribution in [3.63, 3.8) is 0 Å². The standard InChI is InChI=1S/C37H26NS/c1-23-25-12-4-3-11-24(25)19-20-26(23)36-35-33(21-22-38(36)2)39-37-32-18-10-8-16-30(32)28-14-6-5-13-27(28)29-15-7-9-17-31(29)34(35)37/h3-22H,1-2H3/q+1. The molecule has 7 aromatic rings. The van der Waals surface area contributed by atoms with Crippen LogP contribution in [0, 0.1) is 48.0 Å². The van der Waals surface area contributed by atoms with Crippen LogP contribution in [0.15, 0.2) is 121 Å². The van der Waals surface area contributed by atoms with Gasteiger partial charge in [0.2, 0.25) is 5.69 Å². The van der Waals surface area contributed by atoms with Crippen molar-refractivity contribution in [2.45, 2.75) is 6.92 Å². The second kappa shape index (κ2) is 8.49. The maximum absolute atomic E-state index is 2.31. The molecule has 0 amide bonds. The van der Waals surface area contributed by atoms with Crippen molar-refractivity contribution < 1.29 is 4.57 Å². The predicted molar refractivity (Wildman–Crippen MR) is 161 cm³/mol. The van der Waals surface area contributed by atoms with Crippen molar-refractivity contribution in [2.75, 3.05) is 0 Å². The molecule has 0 spiro atoms. The van der Waals surface area contributed by atoms with E-state index in [2.05, 4.69) is 140 Å². The van der Waals surface area contributed by atoms with Gasteiger partial charge in [-0.15, -0.1) is 11.3 Å². The summed E-state index contributed by atoms with van der Waals surface area (Å²) in [7, 11) is 2.19. The molecule has 2 aromatic heterocycles. The zero-order valence-corrected chi connectivity index (χ0v) is 22.7. The number of rotatable bonds is 1. The quantitative estimate of drug-likeness (QED) is 0.193. The van der Waals surface area contributed by atoms with E-state index in [1.807, 2.05) is 11.3 Å². The van der Waals surface area contributed by atoms with Gasteiger partial charge >= 0.3 is 0 Å². The SMILES string of the molecule is Cc1c(-c2c3c4c(sc3cc[n+]2C)=c2ccccc2=c2ccccc2=c2ccccc2=4)ccc2ccccc12. The fourth-order valence-corrected chi connectivity index (χ4v) is 7.74. The molecule has 1 aliphatic rings. The van der Waals surface area contributed by atoms with E-state index in [1.54, 1.807) is 0 Å². The molecule has 0 aliphatic heterocycles. The lowest BCUT2D eigenvalue weighted by molar-refractivity contribution is -0.659. The van der Waals surface area contributed by atoms with Gasteiger partial charge in [0.15, 0.2) is 6.20 Å². The molecule has 0 unspecified atom stereocenters. The maximum atomic E-state index is 2.31. The largest absolute Gasteiger partial charge is 0.221 e. The van der Waals surface area contributed by atoms with E-state index in [1.165, 1.54) is 78.7 Å². The monoisotopic (exact) mass is 516 g/mol. The molecule has 0 radical (unpaired) electrons. The van der Waals surface area contributed by atoms with Crippen LogP contribution >= 0.6 is 11.3 Å². The number of hydrogen-bond acceptors (Lipinski definition) is 1. The molecule has 184 valence electrons. The highest BCUT2D eigenvalue weighted by Crippen LogP contribution is 2.36. The van der Waals surface area contributed by atoms with Crippen LogP contribution in [-0.2, 0) is 7.05 Å². The Morgan fingerprint density at radius 2 is 1.13 bits per heavy atom. The van der Waals surface area contributed by atoms with Gasteiger partial charge in [-0.05, 0) is 55.4 Å². The summed E-state index contributed by atoms with van der Waals surface area (Å²) in [5.41, 5.74) is 3.88. The first-order valence-corrected chi connectivity index (χ1v) is 14.2. The summed E-state index contributed by atoms with van der Waals surface area (Å²) in [5.74, 6) is 0. The van der Waals surface area contributed by atoms with Gasteiger partial charge in [0.1, 0.15) is 7.05 Å². The van der Waals surface area contributed by atoms with Crippen LogP contribution in [0.25, 0.3) is 32.1 Å². The Hall–Kier alpha value is -4.53. The first kappa shape index (κ1) is 22.5. The molecule has 1 nitrogen and oxygen atoms in total. The second-order valence-corrected chi connectivity index (χ2v) is 11.5.